The van der Waals surface area contributed by atoms with Crippen LogP contribution in [0.25, 0.3) is 11.3 Å². The number of likely N-dealkylation sites (tertiary alicyclic amines) is 1. The Morgan fingerprint density at radius 3 is 2.26 bits per heavy atom. The van der Waals surface area contributed by atoms with Crippen molar-refractivity contribution in [3.63, 3.8) is 0 Å². The minimum absolute atomic E-state index is 0.00914. The molecule has 0 saturated carbocycles. The van der Waals surface area contributed by atoms with Gasteiger partial charge in [0.05, 0.1) is 17.4 Å². The number of fused-ring (bicyclic) bond motifs is 2. The number of piperidine rings is 1. The largest absolute Gasteiger partial charge is 0.483 e. The number of nitrogens with zero attached hydrogens (tertiary/aromatic N) is 4. The maximum absolute atomic E-state index is 13.7. The number of carbonyl (C=O) groups is 2. The summed E-state index contributed by atoms with van der Waals surface area (Å²) in [5.74, 6) is 0.963. The molecule has 2 aliphatic rings. The zero-order chi connectivity index (χ0) is 23.0. The van der Waals surface area contributed by atoms with Crippen molar-refractivity contribution in [3.05, 3.63) is 42.1 Å². The fraction of sp³-hybridized carbons (Fsp3) is 0.500. The van der Waals surface area contributed by atoms with Crippen molar-refractivity contribution >= 4 is 12.9 Å². The minimum Gasteiger partial charge on any atom is -0.483 e. The first-order valence-corrected chi connectivity index (χ1v) is 10.3. The second-order valence-corrected chi connectivity index (χ2v) is 7.92. The number of hydrogen-bond donors (Lipinski definition) is 2. The van der Waals surface area contributed by atoms with Crippen LogP contribution in [0, 0.1) is 5.82 Å². The van der Waals surface area contributed by atoms with Crippen molar-refractivity contribution in [2.24, 2.45) is 0 Å². The highest BCUT2D eigenvalue weighted by Gasteiger charge is 2.45. The summed E-state index contributed by atoms with van der Waals surface area (Å²) >= 11 is 0. The fourth-order valence-corrected chi connectivity index (χ4v) is 4.50. The molecule has 3 heterocycles. The first-order valence-electron chi connectivity index (χ1n) is 10.3. The van der Waals surface area contributed by atoms with Crippen LogP contribution in [0.2, 0.25) is 0 Å². The van der Waals surface area contributed by atoms with E-state index in [4.69, 9.17) is 24.8 Å². The smallest absolute Gasteiger partial charge is 0.290 e. The zero-order valence-corrected chi connectivity index (χ0v) is 18.2. The number of imidazole rings is 1. The Hall–Kier alpha value is -2.78. The van der Waals surface area contributed by atoms with Gasteiger partial charge in [-0.25, -0.2) is 9.37 Å². The average Bonchev–Trinajstić information content (AvgIpc) is 3.18. The van der Waals surface area contributed by atoms with Crippen LogP contribution < -0.4 is 0 Å². The summed E-state index contributed by atoms with van der Waals surface area (Å²) in [7, 11) is 2.23. The minimum atomic E-state index is -0.250. The second-order valence-electron chi connectivity index (χ2n) is 7.92. The van der Waals surface area contributed by atoms with Gasteiger partial charge in [-0.1, -0.05) is 12.1 Å². The quantitative estimate of drug-likeness (QED) is 0.701. The molecule has 170 valence electrons. The highest BCUT2D eigenvalue weighted by Crippen LogP contribution is 2.41. The lowest BCUT2D eigenvalue weighted by Gasteiger charge is -2.50. The van der Waals surface area contributed by atoms with E-state index < -0.39 is 0 Å². The Kier molecular flexibility index (Phi) is 8.70. The van der Waals surface area contributed by atoms with Gasteiger partial charge in [0.15, 0.2) is 0 Å². The molecular weight excluding hydrogens is 403 g/mol. The van der Waals surface area contributed by atoms with Crippen molar-refractivity contribution in [3.8, 4) is 11.3 Å². The molecule has 1 saturated heterocycles. The molecule has 0 bridgehead atoms. The number of halogens is 1. The van der Waals surface area contributed by atoms with Crippen molar-refractivity contribution < 1.29 is 24.2 Å². The lowest BCUT2D eigenvalue weighted by atomic mass is 9.83. The summed E-state index contributed by atoms with van der Waals surface area (Å²) in [6.45, 7) is 8.16. The molecule has 1 aromatic carbocycles. The van der Waals surface area contributed by atoms with E-state index >= 15 is 0 Å². The Balaban J connectivity index is 0.000000513. The number of benzene rings is 1. The monoisotopic (exact) mass is 434 g/mol. The van der Waals surface area contributed by atoms with Gasteiger partial charge in [0.25, 0.3) is 12.9 Å². The van der Waals surface area contributed by atoms with Gasteiger partial charge in [0.1, 0.15) is 11.6 Å². The molecule has 0 unspecified atom stereocenters. The van der Waals surface area contributed by atoms with E-state index in [1.807, 2.05) is 12.3 Å². The lowest BCUT2D eigenvalue weighted by Crippen LogP contribution is -2.57. The predicted octanol–water partition coefficient (Wildman–Crippen LogP) is 2.74. The van der Waals surface area contributed by atoms with E-state index in [1.54, 1.807) is 12.1 Å². The average molecular weight is 435 g/mol. The van der Waals surface area contributed by atoms with Crippen LogP contribution in [0.1, 0.15) is 32.5 Å². The number of likely N-dealkylation sites (N-methyl/N-ethyl adjacent to an activating group) is 1. The summed E-state index contributed by atoms with van der Waals surface area (Å²) in [4.78, 5) is 26.6. The van der Waals surface area contributed by atoms with Gasteiger partial charge in [-0.2, -0.15) is 0 Å². The molecule has 9 heteroatoms. The molecule has 8 nitrogen and oxygen atoms in total. The van der Waals surface area contributed by atoms with Gasteiger partial charge >= 0.3 is 0 Å². The van der Waals surface area contributed by atoms with E-state index in [1.165, 1.54) is 6.07 Å². The first-order chi connectivity index (χ1) is 14.8. The molecule has 0 aliphatic carbocycles. The second kappa shape index (κ2) is 11.0. The Morgan fingerprint density at radius 2 is 1.71 bits per heavy atom. The van der Waals surface area contributed by atoms with Crippen LogP contribution in [-0.2, 0) is 21.7 Å². The van der Waals surface area contributed by atoms with Crippen LogP contribution in [0.15, 0.2) is 30.5 Å². The fourth-order valence-electron chi connectivity index (χ4n) is 4.50. The highest BCUT2D eigenvalue weighted by molar-refractivity contribution is 5.60. The Bertz CT molecular complexity index is 857. The summed E-state index contributed by atoms with van der Waals surface area (Å²) in [5, 5.41) is 13.8. The summed E-state index contributed by atoms with van der Waals surface area (Å²) in [5.41, 5.74) is 1.96. The van der Waals surface area contributed by atoms with Crippen LogP contribution in [-0.4, -0.2) is 75.2 Å². The van der Waals surface area contributed by atoms with Crippen molar-refractivity contribution in [1.82, 2.24) is 19.4 Å². The molecule has 0 radical (unpaired) electrons. The maximum atomic E-state index is 13.7. The van der Waals surface area contributed by atoms with E-state index in [0.29, 0.717) is 6.04 Å². The topological polar surface area (TPSA) is 98.9 Å². The SMILES string of the molecule is CC(C)N1CCC2(CC1)c1ncc(-c3cccc(F)c3)n1CCN2C.O=CO.O=CO. The van der Waals surface area contributed by atoms with Crippen LogP contribution >= 0.6 is 0 Å². The van der Waals surface area contributed by atoms with E-state index in [0.717, 1.165) is 56.1 Å². The summed E-state index contributed by atoms with van der Waals surface area (Å²) in [6.07, 6.45) is 4.13. The molecular formula is C22H31FN4O4. The number of rotatable bonds is 2. The van der Waals surface area contributed by atoms with E-state index in [2.05, 4.69) is 35.3 Å². The van der Waals surface area contributed by atoms with Crippen LogP contribution in [0.4, 0.5) is 4.39 Å². The Morgan fingerprint density at radius 1 is 1.10 bits per heavy atom. The third-order valence-electron chi connectivity index (χ3n) is 6.14. The van der Waals surface area contributed by atoms with Gasteiger partial charge in [0, 0.05) is 37.8 Å². The van der Waals surface area contributed by atoms with Crippen molar-refractivity contribution in [2.45, 2.75) is 44.8 Å². The number of carboxylic acid groups (broad SMARTS) is 2. The molecule has 1 fully saturated rings. The number of aromatic nitrogens is 2. The normalized spacial score (nSPS) is 17.7. The summed E-state index contributed by atoms with van der Waals surface area (Å²) in [6, 6.07) is 7.44. The molecule has 0 atom stereocenters. The maximum Gasteiger partial charge on any atom is 0.290 e. The van der Waals surface area contributed by atoms with E-state index in [-0.39, 0.29) is 24.3 Å². The van der Waals surface area contributed by atoms with Crippen LogP contribution in [0.3, 0.4) is 0 Å². The van der Waals surface area contributed by atoms with Gasteiger partial charge in [0.2, 0.25) is 0 Å². The summed E-state index contributed by atoms with van der Waals surface area (Å²) < 4.78 is 16.0. The molecule has 0 amide bonds. The molecule has 1 spiro atoms. The molecule has 4 rings (SSSR count). The van der Waals surface area contributed by atoms with Crippen molar-refractivity contribution in [1.29, 1.82) is 0 Å². The lowest BCUT2D eigenvalue weighted by molar-refractivity contribution is -0.123. The Labute approximate surface area is 181 Å². The van der Waals surface area contributed by atoms with Crippen LogP contribution in [0.5, 0.6) is 0 Å². The number of hydrogen-bond acceptors (Lipinski definition) is 5. The molecule has 2 aliphatic heterocycles. The highest BCUT2D eigenvalue weighted by atomic mass is 19.1. The first kappa shape index (κ1) is 24.5. The standard InChI is InChI=1S/C20H27FN4.2CH2O2/c1-15(2)24-9-7-20(8-10-24)19-22-14-18(25(19)12-11-23(20)3)16-5-4-6-17(21)13-16;2*2-1-3/h4-6,13-15H,7-12H2,1-3H3;2*1H,(H,2,3). The van der Waals surface area contributed by atoms with Crippen molar-refractivity contribution in [2.75, 3.05) is 26.7 Å². The predicted molar refractivity (Wildman–Crippen MR) is 115 cm³/mol. The third kappa shape index (κ3) is 5.29. The van der Waals surface area contributed by atoms with Gasteiger partial charge in [-0.05, 0) is 45.9 Å². The third-order valence-corrected chi connectivity index (χ3v) is 6.14. The molecule has 2 aromatic rings. The van der Waals surface area contributed by atoms with Gasteiger partial charge < -0.3 is 19.7 Å². The molecule has 31 heavy (non-hydrogen) atoms. The molecule has 1 aromatic heterocycles. The van der Waals surface area contributed by atoms with E-state index in [9.17, 15) is 4.39 Å². The zero-order valence-electron chi connectivity index (χ0n) is 18.2. The van der Waals surface area contributed by atoms with Gasteiger partial charge in [-0.15, -0.1) is 0 Å². The van der Waals surface area contributed by atoms with Gasteiger partial charge in [-0.3, -0.25) is 14.5 Å². The molecule has 2 N–H and O–H groups in total.